The van der Waals surface area contributed by atoms with Gasteiger partial charge in [0, 0.05) is 23.0 Å². The molecule has 3 aromatic carbocycles. The number of pyridine rings is 1. The summed E-state index contributed by atoms with van der Waals surface area (Å²) in [4.78, 5) is 18.1. The predicted octanol–water partition coefficient (Wildman–Crippen LogP) is 5.54. The number of hydrogen-bond acceptors (Lipinski definition) is 5. The van der Waals surface area contributed by atoms with Gasteiger partial charge in [-0.25, -0.2) is 8.42 Å². The van der Waals surface area contributed by atoms with Gasteiger partial charge in [0.05, 0.1) is 10.6 Å². The van der Waals surface area contributed by atoms with Crippen LogP contribution < -0.4 is 9.62 Å². The molecule has 0 atom stereocenters. The van der Waals surface area contributed by atoms with Gasteiger partial charge in [-0.05, 0) is 91.4 Å². The Kier molecular flexibility index (Phi) is 8.07. The van der Waals surface area contributed by atoms with E-state index in [1.165, 1.54) is 11.8 Å². The third kappa shape index (κ3) is 6.33. The highest BCUT2D eigenvalue weighted by Gasteiger charge is 2.27. The summed E-state index contributed by atoms with van der Waals surface area (Å²) < 4.78 is 28.3. The highest BCUT2D eigenvalue weighted by Crippen LogP contribution is 2.26. The molecule has 0 unspecified atom stereocenters. The molecule has 0 radical (unpaired) electrons. The maximum absolute atomic E-state index is 13.6. The lowest BCUT2D eigenvalue weighted by atomic mass is 10.1. The number of nitrogens with zero attached hydrogens (tertiary/aromatic N) is 2. The Labute approximate surface area is 216 Å². The zero-order chi connectivity index (χ0) is 25.5. The zero-order valence-electron chi connectivity index (χ0n) is 20.1. The van der Waals surface area contributed by atoms with E-state index in [0.717, 1.165) is 32.3 Å². The van der Waals surface area contributed by atoms with Crippen LogP contribution >= 0.6 is 11.8 Å². The minimum atomic E-state index is -3.96. The van der Waals surface area contributed by atoms with Crippen LogP contribution in [-0.2, 0) is 21.2 Å². The third-order valence-corrected chi connectivity index (χ3v) is 8.18. The molecule has 0 spiro atoms. The number of aromatic nitrogens is 1. The minimum absolute atomic E-state index is 0.133. The number of anilines is 2. The van der Waals surface area contributed by atoms with Crippen LogP contribution in [0.1, 0.15) is 16.7 Å². The van der Waals surface area contributed by atoms with Crippen LogP contribution in [0.4, 0.5) is 11.4 Å². The average Bonchev–Trinajstić information content (AvgIpc) is 2.89. The van der Waals surface area contributed by atoms with Crippen LogP contribution in [0.2, 0.25) is 0 Å². The number of nitrogens with one attached hydrogen (secondary N) is 1. The zero-order valence-corrected chi connectivity index (χ0v) is 21.7. The topological polar surface area (TPSA) is 79.4 Å². The first-order valence-corrected chi connectivity index (χ1v) is 14.0. The van der Waals surface area contributed by atoms with E-state index in [2.05, 4.69) is 10.3 Å². The molecule has 1 heterocycles. The molecular weight excluding hydrogens is 490 g/mol. The lowest BCUT2D eigenvalue weighted by molar-refractivity contribution is -0.114. The molecule has 4 aromatic rings. The van der Waals surface area contributed by atoms with Crippen molar-refractivity contribution in [3.05, 3.63) is 114 Å². The second-order valence-electron chi connectivity index (χ2n) is 8.30. The first kappa shape index (κ1) is 25.5. The number of thioether (sulfide) groups is 1. The maximum atomic E-state index is 13.6. The van der Waals surface area contributed by atoms with Crippen LogP contribution in [0, 0.1) is 6.92 Å². The monoisotopic (exact) mass is 517 g/mol. The molecule has 6 nitrogen and oxygen atoms in total. The van der Waals surface area contributed by atoms with Gasteiger partial charge < -0.3 is 5.32 Å². The molecule has 36 heavy (non-hydrogen) atoms. The molecule has 0 aliphatic carbocycles. The van der Waals surface area contributed by atoms with E-state index in [1.54, 1.807) is 48.8 Å². The van der Waals surface area contributed by atoms with E-state index >= 15 is 0 Å². The summed E-state index contributed by atoms with van der Waals surface area (Å²) in [7, 11) is -3.96. The molecule has 1 N–H and O–H groups in total. The van der Waals surface area contributed by atoms with Crippen molar-refractivity contribution in [2.45, 2.75) is 23.1 Å². The second-order valence-corrected chi connectivity index (χ2v) is 11.0. The number of carbonyl (C=O) groups excluding carboxylic acids is 1. The molecule has 0 saturated heterocycles. The number of sulfonamides is 1. The summed E-state index contributed by atoms with van der Waals surface area (Å²) in [5.74, 6) is -0.429. The van der Waals surface area contributed by atoms with Crippen molar-refractivity contribution in [1.29, 1.82) is 0 Å². The molecule has 4 rings (SSSR count). The van der Waals surface area contributed by atoms with Gasteiger partial charge in [-0.2, -0.15) is 0 Å². The van der Waals surface area contributed by atoms with Gasteiger partial charge >= 0.3 is 0 Å². The van der Waals surface area contributed by atoms with Gasteiger partial charge in [0.15, 0.2) is 0 Å². The summed E-state index contributed by atoms with van der Waals surface area (Å²) in [6, 6.07) is 25.2. The second kappa shape index (κ2) is 11.4. The van der Waals surface area contributed by atoms with Crippen molar-refractivity contribution in [2.75, 3.05) is 22.4 Å². The van der Waals surface area contributed by atoms with Crippen LogP contribution in [0.25, 0.3) is 0 Å². The van der Waals surface area contributed by atoms with Crippen molar-refractivity contribution < 1.29 is 13.2 Å². The van der Waals surface area contributed by atoms with Gasteiger partial charge in [0.25, 0.3) is 10.0 Å². The fourth-order valence-corrected chi connectivity index (χ4v) is 5.50. The maximum Gasteiger partial charge on any atom is 0.264 e. The average molecular weight is 518 g/mol. The van der Waals surface area contributed by atoms with Crippen molar-refractivity contribution in [3.63, 3.8) is 0 Å². The molecular formula is C28H27N3O3S2. The molecule has 0 saturated carbocycles. The smallest absolute Gasteiger partial charge is 0.264 e. The van der Waals surface area contributed by atoms with Gasteiger partial charge in [0.2, 0.25) is 5.91 Å². The highest BCUT2D eigenvalue weighted by atomic mass is 32.2. The Morgan fingerprint density at radius 3 is 2.08 bits per heavy atom. The van der Waals surface area contributed by atoms with E-state index in [9.17, 15) is 13.2 Å². The number of benzene rings is 3. The number of hydrogen-bond donors (Lipinski definition) is 1. The number of carbonyl (C=O) groups is 1. The molecule has 0 bridgehead atoms. The normalized spacial score (nSPS) is 11.2. The van der Waals surface area contributed by atoms with Crippen LogP contribution in [0.3, 0.4) is 0 Å². The highest BCUT2D eigenvalue weighted by molar-refractivity contribution is 7.98. The number of aryl methyl sites for hydroxylation is 1. The molecule has 0 fully saturated rings. The minimum Gasteiger partial charge on any atom is -0.325 e. The molecule has 1 amide bonds. The van der Waals surface area contributed by atoms with Gasteiger partial charge in [-0.3, -0.25) is 14.1 Å². The Morgan fingerprint density at radius 1 is 0.861 bits per heavy atom. The largest absolute Gasteiger partial charge is 0.325 e. The third-order valence-electron chi connectivity index (χ3n) is 5.65. The fourth-order valence-electron chi connectivity index (χ4n) is 3.67. The Morgan fingerprint density at radius 2 is 1.47 bits per heavy atom. The number of amides is 1. The first-order valence-electron chi connectivity index (χ1n) is 11.4. The summed E-state index contributed by atoms with van der Waals surface area (Å²) in [5.41, 5.74) is 4.27. The lowest BCUT2D eigenvalue weighted by Gasteiger charge is -2.24. The molecule has 8 heteroatoms. The van der Waals surface area contributed by atoms with Crippen LogP contribution in [-0.4, -0.2) is 32.1 Å². The Balaban J connectivity index is 1.52. The SMILES string of the molecule is CSc1ccc(S(=O)(=O)N(CC(=O)Nc2ccc(Cc3ccncc3)cc2)c2ccc(C)cc2)cc1. The first-order chi connectivity index (χ1) is 17.3. The lowest BCUT2D eigenvalue weighted by Crippen LogP contribution is -2.38. The van der Waals surface area contributed by atoms with Gasteiger partial charge in [0.1, 0.15) is 6.54 Å². The van der Waals surface area contributed by atoms with E-state index in [1.807, 2.05) is 61.7 Å². The van der Waals surface area contributed by atoms with Crippen molar-refractivity contribution in [3.8, 4) is 0 Å². The summed E-state index contributed by atoms with van der Waals surface area (Å²) >= 11 is 1.53. The summed E-state index contributed by atoms with van der Waals surface area (Å²) in [6.07, 6.45) is 6.20. The van der Waals surface area contributed by atoms with Crippen molar-refractivity contribution >= 4 is 39.1 Å². The Hall–Kier alpha value is -3.62. The van der Waals surface area contributed by atoms with Crippen molar-refractivity contribution in [1.82, 2.24) is 4.98 Å². The van der Waals surface area contributed by atoms with E-state index in [4.69, 9.17) is 0 Å². The van der Waals surface area contributed by atoms with Crippen LogP contribution in [0.15, 0.2) is 107 Å². The summed E-state index contributed by atoms with van der Waals surface area (Å²) in [6.45, 7) is 1.57. The molecule has 184 valence electrons. The predicted molar refractivity (Wildman–Crippen MR) is 146 cm³/mol. The van der Waals surface area contributed by atoms with Gasteiger partial charge in [-0.15, -0.1) is 11.8 Å². The van der Waals surface area contributed by atoms with E-state index in [0.29, 0.717) is 11.4 Å². The Bertz CT molecular complexity index is 1410. The fraction of sp³-hybridized carbons (Fsp3) is 0.143. The molecule has 0 aliphatic heterocycles. The number of rotatable bonds is 9. The standard InChI is InChI=1S/C28H27N3O3S2/c1-21-3-9-25(10-4-21)31(36(33,34)27-13-11-26(35-2)12-14-27)20-28(32)30-24-7-5-22(6-8-24)19-23-15-17-29-18-16-23/h3-18H,19-20H2,1-2H3,(H,30,32). The molecule has 0 aliphatic rings. The van der Waals surface area contributed by atoms with Crippen molar-refractivity contribution in [2.24, 2.45) is 0 Å². The van der Waals surface area contributed by atoms with Gasteiger partial charge in [-0.1, -0.05) is 29.8 Å². The van der Waals surface area contributed by atoms with Crippen LogP contribution in [0.5, 0.6) is 0 Å². The summed E-state index contributed by atoms with van der Waals surface area (Å²) in [5, 5.41) is 2.83. The van der Waals surface area contributed by atoms with E-state index in [-0.39, 0.29) is 11.4 Å². The quantitative estimate of drug-likeness (QED) is 0.295. The van der Waals surface area contributed by atoms with E-state index < -0.39 is 15.9 Å². The molecule has 1 aromatic heterocycles.